The van der Waals surface area contributed by atoms with Crippen LogP contribution in [-0.4, -0.2) is 18.0 Å². The number of benzene rings is 1. The molecule has 0 spiro atoms. The minimum atomic E-state index is -0.521. The molecule has 5 nitrogen and oxygen atoms in total. The largest absolute Gasteiger partial charge is 0.468 e. The SMILES string of the molecule is COC(=O)CC#Cc1ccc(Br)cc1[N+](=O)[O-]. The van der Waals surface area contributed by atoms with E-state index in [2.05, 4.69) is 32.5 Å². The van der Waals surface area contributed by atoms with Crippen LogP contribution in [0.4, 0.5) is 5.69 Å². The third kappa shape index (κ3) is 3.89. The number of nitro groups is 1. The van der Waals surface area contributed by atoms with Gasteiger partial charge in [-0.25, -0.2) is 0 Å². The van der Waals surface area contributed by atoms with Crippen LogP contribution in [0.1, 0.15) is 12.0 Å². The molecule has 1 aromatic carbocycles. The molecule has 0 aliphatic carbocycles. The van der Waals surface area contributed by atoms with E-state index in [0.29, 0.717) is 4.47 Å². The molecule has 0 aliphatic rings. The van der Waals surface area contributed by atoms with Crippen molar-refractivity contribution in [3.8, 4) is 11.8 Å². The van der Waals surface area contributed by atoms with Crippen molar-refractivity contribution < 1.29 is 14.5 Å². The average molecular weight is 298 g/mol. The van der Waals surface area contributed by atoms with Crippen LogP contribution in [0.25, 0.3) is 0 Å². The maximum absolute atomic E-state index is 10.8. The highest BCUT2D eigenvalue weighted by molar-refractivity contribution is 9.10. The van der Waals surface area contributed by atoms with Crippen LogP contribution in [0, 0.1) is 22.0 Å². The summed E-state index contributed by atoms with van der Waals surface area (Å²) in [5, 5.41) is 10.8. The first-order valence-corrected chi connectivity index (χ1v) is 5.33. The van der Waals surface area contributed by atoms with Gasteiger partial charge in [0.25, 0.3) is 5.69 Å². The van der Waals surface area contributed by atoms with Crippen LogP contribution < -0.4 is 0 Å². The van der Waals surface area contributed by atoms with Crippen LogP contribution in [-0.2, 0) is 9.53 Å². The van der Waals surface area contributed by atoms with Gasteiger partial charge < -0.3 is 4.74 Å². The van der Waals surface area contributed by atoms with Crippen molar-refractivity contribution in [3.05, 3.63) is 38.3 Å². The Morgan fingerprint density at radius 3 is 2.88 bits per heavy atom. The molecular formula is C11H8BrNO4. The molecule has 0 bridgehead atoms. The summed E-state index contributed by atoms with van der Waals surface area (Å²) < 4.78 is 5.00. The first kappa shape index (κ1) is 13.2. The summed E-state index contributed by atoms with van der Waals surface area (Å²) in [6.07, 6.45) is -0.0935. The minimum Gasteiger partial charge on any atom is -0.468 e. The van der Waals surface area contributed by atoms with E-state index in [9.17, 15) is 14.9 Å². The van der Waals surface area contributed by atoms with Crippen molar-refractivity contribution in [1.82, 2.24) is 0 Å². The summed E-state index contributed by atoms with van der Waals surface area (Å²) in [5.74, 6) is 4.62. The van der Waals surface area contributed by atoms with E-state index in [4.69, 9.17) is 0 Å². The number of hydrogen-bond donors (Lipinski definition) is 0. The fraction of sp³-hybridized carbons (Fsp3) is 0.182. The third-order valence-corrected chi connectivity index (χ3v) is 2.33. The van der Waals surface area contributed by atoms with Gasteiger partial charge in [0.2, 0.25) is 0 Å². The normalized spacial score (nSPS) is 9.06. The number of esters is 1. The zero-order chi connectivity index (χ0) is 12.8. The summed E-state index contributed by atoms with van der Waals surface area (Å²) >= 11 is 3.14. The molecule has 0 atom stereocenters. The maximum atomic E-state index is 10.8. The molecule has 0 aliphatic heterocycles. The molecule has 0 heterocycles. The molecule has 1 aromatic rings. The third-order valence-electron chi connectivity index (χ3n) is 1.84. The lowest BCUT2D eigenvalue weighted by Crippen LogP contribution is -1.97. The van der Waals surface area contributed by atoms with E-state index in [1.807, 2.05) is 0 Å². The number of nitrogens with zero attached hydrogens (tertiary/aromatic N) is 1. The molecule has 0 fully saturated rings. The number of carbonyl (C=O) groups is 1. The van der Waals surface area contributed by atoms with Crippen LogP contribution in [0.3, 0.4) is 0 Å². The molecule has 0 amide bonds. The van der Waals surface area contributed by atoms with E-state index in [1.165, 1.54) is 19.2 Å². The van der Waals surface area contributed by atoms with Crippen molar-refractivity contribution in [3.63, 3.8) is 0 Å². The van der Waals surface area contributed by atoms with E-state index < -0.39 is 10.9 Å². The Morgan fingerprint density at radius 2 is 2.29 bits per heavy atom. The predicted molar refractivity (Wildman–Crippen MR) is 64.3 cm³/mol. The van der Waals surface area contributed by atoms with E-state index >= 15 is 0 Å². The van der Waals surface area contributed by atoms with Gasteiger partial charge in [-0.15, -0.1) is 0 Å². The fourth-order valence-electron chi connectivity index (χ4n) is 1.05. The Hall–Kier alpha value is -1.87. The lowest BCUT2D eigenvalue weighted by Gasteiger charge is -1.96. The standard InChI is InChI=1S/C11H8BrNO4/c1-17-11(14)4-2-3-8-5-6-9(12)7-10(8)13(15)16/h5-7H,4H2,1H3. The topological polar surface area (TPSA) is 69.4 Å². The molecule has 88 valence electrons. The van der Waals surface area contributed by atoms with Crippen LogP contribution >= 0.6 is 15.9 Å². The molecule has 0 saturated carbocycles. The van der Waals surface area contributed by atoms with E-state index in [-0.39, 0.29) is 17.7 Å². The number of carbonyl (C=O) groups excluding carboxylic acids is 1. The van der Waals surface area contributed by atoms with Gasteiger partial charge in [0, 0.05) is 10.5 Å². The maximum Gasteiger partial charge on any atom is 0.317 e. The van der Waals surface area contributed by atoms with Crippen molar-refractivity contribution >= 4 is 27.6 Å². The van der Waals surface area contributed by atoms with Crippen LogP contribution in [0.2, 0.25) is 0 Å². The summed E-state index contributed by atoms with van der Waals surface area (Å²) in [4.78, 5) is 21.0. The molecule has 0 unspecified atom stereocenters. The second-order valence-electron chi connectivity index (χ2n) is 2.97. The molecule has 17 heavy (non-hydrogen) atoms. The number of hydrogen-bond acceptors (Lipinski definition) is 4. The summed E-state index contributed by atoms with van der Waals surface area (Å²) in [5.41, 5.74) is 0.166. The Bertz CT molecular complexity index is 516. The van der Waals surface area contributed by atoms with Gasteiger partial charge in [-0.2, -0.15) is 0 Å². The lowest BCUT2D eigenvalue weighted by atomic mass is 10.2. The molecule has 0 saturated heterocycles. The van der Waals surface area contributed by atoms with E-state index in [0.717, 1.165) is 0 Å². The molecule has 0 aromatic heterocycles. The first-order valence-electron chi connectivity index (χ1n) is 4.54. The van der Waals surface area contributed by atoms with Gasteiger partial charge in [0.1, 0.15) is 12.0 Å². The highest BCUT2D eigenvalue weighted by atomic mass is 79.9. The Kier molecular flexibility index (Phi) is 4.67. The molecule has 0 radical (unpaired) electrons. The highest BCUT2D eigenvalue weighted by Gasteiger charge is 2.11. The second-order valence-corrected chi connectivity index (χ2v) is 3.89. The van der Waals surface area contributed by atoms with Crippen molar-refractivity contribution in [1.29, 1.82) is 0 Å². The number of methoxy groups -OCH3 is 1. The Morgan fingerprint density at radius 1 is 1.59 bits per heavy atom. The van der Waals surface area contributed by atoms with Gasteiger partial charge in [0.05, 0.1) is 12.0 Å². The van der Waals surface area contributed by atoms with Crippen LogP contribution in [0.5, 0.6) is 0 Å². The molecular weight excluding hydrogens is 290 g/mol. The van der Waals surface area contributed by atoms with Crippen molar-refractivity contribution in [2.75, 3.05) is 7.11 Å². The zero-order valence-corrected chi connectivity index (χ0v) is 10.5. The smallest absolute Gasteiger partial charge is 0.317 e. The number of halogens is 1. The number of rotatable bonds is 2. The van der Waals surface area contributed by atoms with Gasteiger partial charge in [-0.1, -0.05) is 27.8 Å². The van der Waals surface area contributed by atoms with Gasteiger partial charge in [0.15, 0.2) is 0 Å². The molecule has 1 rings (SSSR count). The number of ether oxygens (including phenoxy) is 1. The lowest BCUT2D eigenvalue weighted by molar-refractivity contribution is -0.385. The van der Waals surface area contributed by atoms with Gasteiger partial charge in [-0.05, 0) is 12.1 Å². The summed E-state index contributed by atoms with van der Waals surface area (Å²) in [6.45, 7) is 0. The van der Waals surface area contributed by atoms with Gasteiger partial charge >= 0.3 is 5.97 Å². The first-order chi connectivity index (χ1) is 8.04. The number of nitro benzene ring substituents is 1. The van der Waals surface area contributed by atoms with Crippen molar-refractivity contribution in [2.45, 2.75) is 6.42 Å². The summed E-state index contributed by atoms with van der Waals surface area (Å²) in [6, 6.07) is 4.53. The average Bonchev–Trinajstić information content (AvgIpc) is 2.30. The predicted octanol–water partition coefficient (Wildman–Crippen LogP) is 2.27. The molecule has 6 heteroatoms. The minimum absolute atomic E-state index is 0.0935. The van der Waals surface area contributed by atoms with Gasteiger partial charge in [-0.3, -0.25) is 14.9 Å². The zero-order valence-electron chi connectivity index (χ0n) is 8.90. The summed E-state index contributed by atoms with van der Waals surface area (Å²) in [7, 11) is 1.26. The fourth-order valence-corrected chi connectivity index (χ4v) is 1.39. The quantitative estimate of drug-likeness (QED) is 0.363. The van der Waals surface area contributed by atoms with E-state index in [1.54, 1.807) is 6.07 Å². The second kappa shape index (κ2) is 6.01. The Balaban J connectivity index is 2.98. The Labute approximate surface area is 106 Å². The van der Waals surface area contributed by atoms with Crippen LogP contribution in [0.15, 0.2) is 22.7 Å². The highest BCUT2D eigenvalue weighted by Crippen LogP contribution is 2.22. The van der Waals surface area contributed by atoms with Crippen molar-refractivity contribution in [2.24, 2.45) is 0 Å². The monoisotopic (exact) mass is 297 g/mol. The molecule has 0 N–H and O–H groups in total.